The number of carbonyl (C=O) groups is 2. The van der Waals surface area contributed by atoms with E-state index in [2.05, 4.69) is 10.6 Å². The van der Waals surface area contributed by atoms with Crippen molar-refractivity contribution >= 4 is 17.7 Å². The molecule has 22 heavy (non-hydrogen) atoms. The molecule has 0 aliphatic rings. The van der Waals surface area contributed by atoms with Gasteiger partial charge in [0, 0.05) is 24.3 Å². The second kappa shape index (κ2) is 7.68. The SMILES string of the molecule is Cc1c(N)cccc1C(=O)NCCCNC(=O)OC(C)(C)C. The van der Waals surface area contributed by atoms with Crippen molar-refractivity contribution in [2.75, 3.05) is 18.8 Å². The Morgan fingerprint density at radius 2 is 1.82 bits per heavy atom. The van der Waals surface area contributed by atoms with E-state index in [0.717, 1.165) is 5.56 Å². The largest absolute Gasteiger partial charge is 0.444 e. The van der Waals surface area contributed by atoms with Gasteiger partial charge in [0.1, 0.15) is 5.60 Å². The fraction of sp³-hybridized carbons (Fsp3) is 0.500. The molecular formula is C16H25N3O3. The topological polar surface area (TPSA) is 93.5 Å². The van der Waals surface area contributed by atoms with Crippen molar-refractivity contribution < 1.29 is 14.3 Å². The van der Waals surface area contributed by atoms with Crippen molar-refractivity contribution in [3.8, 4) is 0 Å². The van der Waals surface area contributed by atoms with Crippen molar-refractivity contribution in [2.24, 2.45) is 0 Å². The van der Waals surface area contributed by atoms with E-state index in [1.54, 1.807) is 39.0 Å². The molecule has 0 radical (unpaired) electrons. The molecule has 0 aliphatic heterocycles. The first kappa shape index (κ1) is 17.8. The van der Waals surface area contributed by atoms with Gasteiger partial charge in [0.25, 0.3) is 5.91 Å². The van der Waals surface area contributed by atoms with Gasteiger partial charge >= 0.3 is 6.09 Å². The number of rotatable bonds is 5. The maximum absolute atomic E-state index is 12.0. The number of nitrogen functional groups attached to an aromatic ring is 1. The number of nitrogens with one attached hydrogen (secondary N) is 2. The first-order valence-corrected chi connectivity index (χ1v) is 7.31. The summed E-state index contributed by atoms with van der Waals surface area (Å²) in [5.74, 6) is -0.165. The van der Waals surface area contributed by atoms with E-state index in [1.165, 1.54) is 0 Å². The van der Waals surface area contributed by atoms with Crippen LogP contribution in [0.3, 0.4) is 0 Å². The van der Waals surface area contributed by atoms with Gasteiger partial charge < -0.3 is 21.1 Å². The van der Waals surface area contributed by atoms with Crippen LogP contribution in [0.5, 0.6) is 0 Å². The van der Waals surface area contributed by atoms with Crippen LogP contribution in [0.1, 0.15) is 43.1 Å². The third-order valence-corrected chi connectivity index (χ3v) is 2.93. The minimum absolute atomic E-state index is 0.165. The van der Waals surface area contributed by atoms with Crippen LogP contribution in [-0.4, -0.2) is 30.7 Å². The number of benzene rings is 1. The predicted molar refractivity (Wildman–Crippen MR) is 86.8 cm³/mol. The highest BCUT2D eigenvalue weighted by molar-refractivity contribution is 5.96. The van der Waals surface area contributed by atoms with Gasteiger partial charge in [-0.3, -0.25) is 4.79 Å². The number of carbonyl (C=O) groups excluding carboxylic acids is 2. The smallest absolute Gasteiger partial charge is 0.407 e. The van der Waals surface area contributed by atoms with E-state index in [4.69, 9.17) is 10.5 Å². The van der Waals surface area contributed by atoms with Crippen molar-refractivity contribution in [1.82, 2.24) is 10.6 Å². The Morgan fingerprint density at radius 3 is 2.45 bits per heavy atom. The zero-order chi connectivity index (χ0) is 16.8. The van der Waals surface area contributed by atoms with Gasteiger partial charge in [-0.25, -0.2) is 4.79 Å². The summed E-state index contributed by atoms with van der Waals surface area (Å²) in [4.78, 5) is 23.4. The number of nitrogens with two attached hydrogens (primary N) is 1. The van der Waals surface area contributed by atoms with Crippen LogP contribution < -0.4 is 16.4 Å². The summed E-state index contributed by atoms with van der Waals surface area (Å²) < 4.78 is 5.11. The summed E-state index contributed by atoms with van der Waals surface area (Å²) in [6, 6.07) is 5.25. The maximum atomic E-state index is 12.0. The number of alkyl carbamates (subject to hydrolysis) is 1. The highest BCUT2D eigenvalue weighted by Gasteiger charge is 2.15. The quantitative estimate of drug-likeness (QED) is 0.574. The third-order valence-electron chi connectivity index (χ3n) is 2.93. The second-order valence-corrected chi connectivity index (χ2v) is 6.06. The highest BCUT2D eigenvalue weighted by Crippen LogP contribution is 2.15. The molecule has 1 rings (SSSR count). The second-order valence-electron chi connectivity index (χ2n) is 6.06. The van der Waals surface area contributed by atoms with Gasteiger partial charge in [-0.1, -0.05) is 6.07 Å². The lowest BCUT2D eigenvalue weighted by molar-refractivity contribution is 0.0527. The summed E-state index contributed by atoms with van der Waals surface area (Å²) in [5, 5.41) is 5.44. The van der Waals surface area contributed by atoms with E-state index in [9.17, 15) is 9.59 Å². The van der Waals surface area contributed by atoms with Gasteiger partial charge in [0.15, 0.2) is 0 Å². The molecule has 0 aromatic heterocycles. The molecule has 6 heteroatoms. The summed E-state index contributed by atoms with van der Waals surface area (Å²) in [6.07, 6.45) is 0.164. The number of ether oxygens (including phenoxy) is 1. The molecule has 1 aromatic rings. The van der Waals surface area contributed by atoms with Crippen molar-refractivity contribution in [2.45, 2.75) is 39.7 Å². The van der Waals surface area contributed by atoms with Crippen LogP contribution in [0.15, 0.2) is 18.2 Å². The van der Waals surface area contributed by atoms with Gasteiger partial charge in [0.05, 0.1) is 0 Å². The average Bonchev–Trinajstić information content (AvgIpc) is 2.39. The Morgan fingerprint density at radius 1 is 1.18 bits per heavy atom. The minimum atomic E-state index is -0.511. The van der Waals surface area contributed by atoms with E-state index in [0.29, 0.717) is 30.8 Å². The van der Waals surface area contributed by atoms with Crippen LogP contribution in [-0.2, 0) is 4.74 Å². The predicted octanol–water partition coefficient (Wildman–Crippen LogP) is 2.22. The third kappa shape index (κ3) is 6.03. The molecule has 6 nitrogen and oxygen atoms in total. The molecule has 0 heterocycles. The zero-order valence-electron chi connectivity index (χ0n) is 13.7. The highest BCUT2D eigenvalue weighted by atomic mass is 16.6. The number of hydrogen-bond donors (Lipinski definition) is 3. The lowest BCUT2D eigenvalue weighted by Crippen LogP contribution is -2.34. The molecular weight excluding hydrogens is 282 g/mol. The van der Waals surface area contributed by atoms with E-state index >= 15 is 0 Å². The minimum Gasteiger partial charge on any atom is -0.444 e. The molecule has 1 aromatic carbocycles. The molecule has 0 saturated carbocycles. The molecule has 122 valence electrons. The first-order chi connectivity index (χ1) is 10.2. The molecule has 0 bridgehead atoms. The molecule has 2 amide bonds. The van der Waals surface area contributed by atoms with Crippen LogP contribution in [0.4, 0.5) is 10.5 Å². The Kier molecular flexibility index (Phi) is 6.22. The monoisotopic (exact) mass is 307 g/mol. The summed E-state index contributed by atoms with van der Waals surface area (Å²) in [5.41, 5.74) is 7.20. The molecule has 0 fully saturated rings. The Balaban J connectivity index is 2.29. The van der Waals surface area contributed by atoms with Gasteiger partial charge in [-0.15, -0.1) is 0 Å². The van der Waals surface area contributed by atoms with E-state index < -0.39 is 11.7 Å². The Hall–Kier alpha value is -2.24. The van der Waals surface area contributed by atoms with Crippen molar-refractivity contribution in [1.29, 1.82) is 0 Å². The van der Waals surface area contributed by atoms with E-state index in [1.807, 2.05) is 6.92 Å². The van der Waals surface area contributed by atoms with Crippen LogP contribution in [0.25, 0.3) is 0 Å². The standard InChI is InChI=1S/C16H25N3O3/c1-11-12(7-5-8-13(11)17)14(20)18-9-6-10-19-15(21)22-16(2,3)4/h5,7-8H,6,9-10,17H2,1-4H3,(H,18,20)(H,19,21). The summed E-state index contributed by atoms with van der Waals surface area (Å²) >= 11 is 0. The molecule has 0 unspecified atom stereocenters. The van der Waals surface area contributed by atoms with Gasteiger partial charge in [-0.05, 0) is 51.8 Å². The van der Waals surface area contributed by atoms with Crippen LogP contribution in [0, 0.1) is 6.92 Å². The fourth-order valence-corrected chi connectivity index (χ4v) is 1.79. The summed E-state index contributed by atoms with van der Waals surface area (Å²) in [7, 11) is 0. The molecule has 0 spiro atoms. The average molecular weight is 307 g/mol. The van der Waals surface area contributed by atoms with E-state index in [-0.39, 0.29) is 5.91 Å². The fourth-order valence-electron chi connectivity index (χ4n) is 1.79. The van der Waals surface area contributed by atoms with Crippen LogP contribution >= 0.6 is 0 Å². The lowest BCUT2D eigenvalue weighted by atomic mass is 10.1. The Labute approximate surface area is 131 Å². The molecule has 0 atom stereocenters. The molecule has 0 saturated heterocycles. The van der Waals surface area contributed by atoms with Crippen molar-refractivity contribution in [3.05, 3.63) is 29.3 Å². The van der Waals surface area contributed by atoms with Gasteiger partial charge in [0.2, 0.25) is 0 Å². The number of amides is 2. The summed E-state index contributed by atoms with van der Waals surface area (Å²) in [6.45, 7) is 8.13. The number of anilines is 1. The van der Waals surface area contributed by atoms with Gasteiger partial charge in [-0.2, -0.15) is 0 Å². The normalized spacial score (nSPS) is 10.9. The molecule has 0 aliphatic carbocycles. The van der Waals surface area contributed by atoms with Crippen LogP contribution in [0.2, 0.25) is 0 Å². The lowest BCUT2D eigenvalue weighted by Gasteiger charge is -2.19. The zero-order valence-corrected chi connectivity index (χ0v) is 13.7. The Bertz CT molecular complexity index is 536. The first-order valence-electron chi connectivity index (χ1n) is 7.31. The molecule has 4 N–H and O–H groups in total. The maximum Gasteiger partial charge on any atom is 0.407 e. The van der Waals surface area contributed by atoms with Crippen molar-refractivity contribution in [3.63, 3.8) is 0 Å². The number of hydrogen-bond acceptors (Lipinski definition) is 4.